The van der Waals surface area contributed by atoms with Crippen LogP contribution in [-0.4, -0.2) is 17.0 Å². The van der Waals surface area contributed by atoms with E-state index in [4.69, 9.17) is 5.84 Å². The Morgan fingerprint density at radius 3 is 1.54 bits per heavy atom. The first kappa shape index (κ1) is 18.5. The second-order valence-corrected chi connectivity index (χ2v) is 7.49. The molecule has 2 atom stereocenters. The van der Waals surface area contributed by atoms with Crippen molar-refractivity contribution in [2.75, 3.05) is 0 Å². The van der Waals surface area contributed by atoms with Crippen molar-refractivity contribution < 1.29 is 4.79 Å². The summed E-state index contributed by atoms with van der Waals surface area (Å²) in [5.74, 6) is 5.93. The van der Waals surface area contributed by atoms with Gasteiger partial charge in [0, 0.05) is 0 Å². The van der Waals surface area contributed by atoms with Crippen LogP contribution in [0, 0.1) is 5.92 Å². The Morgan fingerprint density at radius 2 is 1.18 bits per heavy atom. The summed E-state index contributed by atoms with van der Waals surface area (Å²) in [4.78, 5) is 13.2. The van der Waals surface area contributed by atoms with E-state index < -0.39 is 5.41 Å². The summed E-state index contributed by atoms with van der Waals surface area (Å²) in [5.41, 5.74) is 2.80. The molecular formula is C25H26N2O. The quantitative estimate of drug-likeness (QED) is 0.300. The minimum Gasteiger partial charge on any atom is -0.276 e. The second-order valence-electron chi connectivity index (χ2n) is 7.49. The van der Waals surface area contributed by atoms with Crippen LogP contribution in [0.4, 0.5) is 0 Å². The van der Waals surface area contributed by atoms with Crippen molar-refractivity contribution in [3.8, 4) is 0 Å². The Morgan fingerprint density at radius 1 is 0.786 bits per heavy atom. The van der Waals surface area contributed by atoms with Gasteiger partial charge in [0.2, 0.25) is 5.91 Å². The zero-order chi connectivity index (χ0) is 19.6. The fraction of sp³-hybridized carbons (Fsp3) is 0.240. The summed E-state index contributed by atoms with van der Waals surface area (Å²) >= 11 is 0. The molecule has 0 saturated carbocycles. The van der Waals surface area contributed by atoms with Crippen molar-refractivity contribution in [1.29, 1.82) is 0 Å². The Bertz CT molecular complexity index is 828. The lowest BCUT2D eigenvalue weighted by atomic mass is 9.56. The molecule has 1 fully saturated rings. The number of hydrazine groups is 1. The van der Waals surface area contributed by atoms with Crippen LogP contribution in [0.5, 0.6) is 0 Å². The molecule has 0 bridgehead atoms. The Labute approximate surface area is 166 Å². The number of rotatable bonds is 6. The SMILES string of the molecule is CCC[C@@H]1[C@H](C(c2ccccc2)(c2ccccc2)c2ccccc2)C(=O)N1N. The molecule has 3 aromatic carbocycles. The largest absolute Gasteiger partial charge is 0.276 e. The molecule has 28 heavy (non-hydrogen) atoms. The van der Waals surface area contributed by atoms with Crippen molar-refractivity contribution in [2.45, 2.75) is 31.2 Å². The normalized spacial score (nSPS) is 19.4. The molecule has 1 saturated heterocycles. The molecule has 0 aliphatic carbocycles. The van der Waals surface area contributed by atoms with Gasteiger partial charge >= 0.3 is 0 Å². The van der Waals surface area contributed by atoms with E-state index >= 15 is 0 Å². The third kappa shape index (κ3) is 2.74. The maximum absolute atomic E-state index is 13.2. The monoisotopic (exact) mass is 370 g/mol. The van der Waals surface area contributed by atoms with E-state index in [2.05, 4.69) is 43.3 Å². The van der Waals surface area contributed by atoms with Gasteiger partial charge in [0.15, 0.2) is 0 Å². The highest BCUT2D eigenvalue weighted by Crippen LogP contribution is 2.51. The lowest BCUT2D eigenvalue weighted by molar-refractivity contribution is -0.161. The van der Waals surface area contributed by atoms with Crippen molar-refractivity contribution in [3.05, 3.63) is 108 Å². The predicted molar refractivity (Wildman–Crippen MR) is 112 cm³/mol. The molecule has 1 amide bonds. The Balaban J connectivity index is 2.04. The molecule has 0 aromatic heterocycles. The summed E-state index contributed by atoms with van der Waals surface area (Å²) < 4.78 is 0. The van der Waals surface area contributed by atoms with Gasteiger partial charge in [-0.25, -0.2) is 5.84 Å². The van der Waals surface area contributed by atoms with Crippen LogP contribution in [0.1, 0.15) is 36.5 Å². The molecule has 142 valence electrons. The van der Waals surface area contributed by atoms with E-state index in [1.54, 1.807) is 0 Å². The van der Waals surface area contributed by atoms with E-state index in [-0.39, 0.29) is 17.9 Å². The van der Waals surface area contributed by atoms with Crippen LogP contribution in [0.15, 0.2) is 91.0 Å². The number of hydrogen-bond donors (Lipinski definition) is 1. The highest BCUT2D eigenvalue weighted by molar-refractivity contribution is 5.89. The van der Waals surface area contributed by atoms with Gasteiger partial charge in [0.25, 0.3) is 0 Å². The van der Waals surface area contributed by atoms with Crippen LogP contribution in [0.2, 0.25) is 0 Å². The zero-order valence-corrected chi connectivity index (χ0v) is 16.2. The van der Waals surface area contributed by atoms with Gasteiger partial charge in [-0.05, 0) is 23.1 Å². The highest BCUT2D eigenvalue weighted by Gasteiger charge is 2.59. The second kappa shape index (κ2) is 7.61. The summed E-state index contributed by atoms with van der Waals surface area (Å²) in [7, 11) is 0. The zero-order valence-electron chi connectivity index (χ0n) is 16.2. The number of nitrogens with zero attached hydrogens (tertiary/aromatic N) is 1. The third-order valence-electron chi connectivity index (χ3n) is 6.00. The number of nitrogens with two attached hydrogens (primary N) is 1. The van der Waals surface area contributed by atoms with Crippen molar-refractivity contribution in [2.24, 2.45) is 11.8 Å². The van der Waals surface area contributed by atoms with Gasteiger partial charge in [-0.1, -0.05) is 104 Å². The van der Waals surface area contributed by atoms with E-state index in [0.717, 1.165) is 29.5 Å². The molecule has 3 nitrogen and oxygen atoms in total. The lowest BCUT2D eigenvalue weighted by Gasteiger charge is -2.54. The molecule has 3 aromatic rings. The summed E-state index contributed by atoms with van der Waals surface area (Å²) in [5, 5.41) is 1.44. The van der Waals surface area contributed by atoms with Crippen LogP contribution in [0.25, 0.3) is 0 Å². The smallest absolute Gasteiger partial charge is 0.243 e. The van der Waals surface area contributed by atoms with Gasteiger partial charge in [-0.2, -0.15) is 0 Å². The topological polar surface area (TPSA) is 46.3 Å². The number of amides is 1. The molecule has 1 heterocycles. The predicted octanol–water partition coefficient (Wildman–Crippen LogP) is 4.52. The van der Waals surface area contributed by atoms with Gasteiger partial charge in [-0.3, -0.25) is 9.80 Å². The Hall–Kier alpha value is -2.91. The average Bonchev–Trinajstić information content (AvgIpc) is 2.78. The summed E-state index contributed by atoms with van der Waals surface area (Å²) in [6.07, 6.45) is 1.87. The summed E-state index contributed by atoms with van der Waals surface area (Å²) in [6.45, 7) is 2.14. The molecular weight excluding hydrogens is 344 g/mol. The van der Waals surface area contributed by atoms with E-state index in [0.29, 0.717) is 0 Å². The minimum absolute atomic E-state index is 0.00927. The first-order chi connectivity index (χ1) is 13.7. The number of carbonyl (C=O) groups is 1. The first-order valence-electron chi connectivity index (χ1n) is 9.95. The molecule has 1 aliphatic rings. The molecule has 4 rings (SSSR count). The Kier molecular flexibility index (Phi) is 5.01. The van der Waals surface area contributed by atoms with E-state index in [9.17, 15) is 4.79 Å². The van der Waals surface area contributed by atoms with Crippen LogP contribution in [-0.2, 0) is 10.2 Å². The van der Waals surface area contributed by atoms with Crippen molar-refractivity contribution in [1.82, 2.24) is 5.01 Å². The maximum atomic E-state index is 13.2. The van der Waals surface area contributed by atoms with E-state index in [1.807, 2.05) is 54.6 Å². The van der Waals surface area contributed by atoms with Crippen LogP contribution >= 0.6 is 0 Å². The number of benzene rings is 3. The van der Waals surface area contributed by atoms with E-state index in [1.165, 1.54) is 5.01 Å². The third-order valence-corrected chi connectivity index (χ3v) is 6.00. The molecule has 0 radical (unpaired) electrons. The van der Waals surface area contributed by atoms with Crippen molar-refractivity contribution >= 4 is 5.91 Å². The number of hydrogen-bond acceptors (Lipinski definition) is 2. The fourth-order valence-electron chi connectivity index (χ4n) is 4.78. The average molecular weight is 370 g/mol. The molecule has 2 N–H and O–H groups in total. The highest BCUT2D eigenvalue weighted by atomic mass is 16.2. The van der Waals surface area contributed by atoms with Crippen molar-refractivity contribution in [3.63, 3.8) is 0 Å². The summed E-state index contributed by atoms with van der Waals surface area (Å²) in [6, 6.07) is 31.2. The van der Waals surface area contributed by atoms with Crippen LogP contribution in [0.3, 0.4) is 0 Å². The van der Waals surface area contributed by atoms with Gasteiger partial charge < -0.3 is 0 Å². The van der Waals surface area contributed by atoms with Gasteiger partial charge in [0.1, 0.15) is 0 Å². The van der Waals surface area contributed by atoms with Crippen LogP contribution < -0.4 is 5.84 Å². The fourth-order valence-corrected chi connectivity index (χ4v) is 4.78. The maximum Gasteiger partial charge on any atom is 0.243 e. The first-order valence-corrected chi connectivity index (χ1v) is 9.95. The molecule has 3 heteroatoms. The molecule has 0 spiro atoms. The molecule has 1 aliphatic heterocycles. The number of carbonyl (C=O) groups excluding carboxylic acids is 1. The minimum atomic E-state index is -0.573. The van der Waals surface area contributed by atoms with Gasteiger partial charge in [0.05, 0.1) is 17.4 Å². The standard InChI is InChI=1S/C25H26N2O/c1-2-12-22-23(24(28)27(22)26)25(19-13-6-3-7-14-19,20-15-8-4-9-16-20)21-17-10-5-11-18-21/h3-11,13-18,22-23H,2,12,26H2,1H3/t22-,23+/m1/s1. The number of β-lactam (4-membered cyclic amide) rings is 1. The molecule has 0 unspecified atom stereocenters. The lowest BCUT2D eigenvalue weighted by Crippen LogP contribution is -2.70. The van der Waals surface area contributed by atoms with Gasteiger partial charge in [-0.15, -0.1) is 0 Å².